The fraction of sp³-hybridized carbons (Fsp3) is 0.333. The van der Waals surface area contributed by atoms with Gasteiger partial charge in [-0.1, -0.05) is 12.8 Å². The molecule has 0 aliphatic rings. The number of likely N-dealkylation sites (N-methyl/N-ethyl adjacent to an activating group) is 1. The summed E-state index contributed by atoms with van der Waals surface area (Å²) in [4.78, 5) is 21.0. The van der Waals surface area contributed by atoms with Crippen LogP contribution in [0, 0.1) is 6.08 Å². The number of nitrogens with zero attached hydrogens (tertiary/aromatic N) is 1. The normalized spacial score (nSPS) is 8.60. The summed E-state index contributed by atoms with van der Waals surface area (Å²) in [5.41, 5.74) is 0. The first kappa shape index (κ1) is 12.6. The number of allylic oxidation sites excluding steroid dienone is 1. The van der Waals surface area contributed by atoms with E-state index in [0.29, 0.717) is 0 Å². The van der Waals surface area contributed by atoms with E-state index in [1.165, 1.54) is 19.5 Å². The molecular formula is C6H7NO2Y-2. The van der Waals surface area contributed by atoms with E-state index in [1.54, 1.807) is 6.92 Å². The Labute approximate surface area is 85.3 Å². The van der Waals surface area contributed by atoms with Crippen LogP contribution in [0.1, 0.15) is 6.92 Å². The van der Waals surface area contributed by atoms with Crippen molar-refractivity contribution in [2.45, 2.75) is 6.92 Å². The molecule has 0 rings (SSSR count). The molecule has 0 unspecified atom stereocenters. The van der Waals surface area contributed by atoms with Crippen LogP contribution < -0.4 is 0 Å². The van der Waals surface area contributed by atoms with Gasteiger partial charge in [-0.2, -0.15) is 0 Å². The van der Waals surface area contributed by atoms with Crippen molar-refractivity contribution in [3.63, 3.8) is 0 Å². The van der Waals surface area contributed by atoms with Crippen LogP contribution in [-0.4, -0.2) is 24.3 Å². The quantitative estimate of drug-likeness (QED) is 0.365. The van der Waals surface area contributed by atoms with Crippen LogP contribution in [0.4, 0.5) is 0 Å². The minimum atomic E-state index is -0.479. The minimum absolute atomic E-state index is 0. The zero-order valence-corrected chi connectivity index (χ0v) is 8.76. The number of carbonyl (C=O) groups excluding carboxylic acids is 2. The molecule has 1 radical (unpaired) electrons. The maximum atomic E-state index is 10.5. The molecule has 0 aliphatic carbocycles. The van der Waals surface area contributed by atoms with E-state index < -0.39 is 5.91 Å². The molecule has 0 fully saturated rings. The number of carbonyl (C=O) groups is 1. The van der Waals surface area contributed by atoms with Gasteiger partial charge in [-0.25, -0.2) is 0 Å². The maximum absolute atomic E-state index is 10.5. The predicted molar refractivity (Wildman–Crippen MR) is 32.0 cm³/mol. The second kappa shape index (κ2) is 7.10. The molecule has 0 heterocycles. The Morgan fingerprint density at radius 3 is 2.40 bits per heavy atom. The zero-order chi connectivity index (χ0) is 7.28. The molecule has 2 amide bonds. The van der Waals surface area contributed by atoms with E-state index in [1.807, 2.05) is 0 Å². The first-order chi connectivity index (χ1) is 4.22. The van der Waals surface area contributed by atoms with Crippen molar-refractivity contribution in [2.75, 3.05) is 7.05 Å². The molecule has 0 saturated carbocycles. The summed E-state index contributed by atoms with van der Waals surface area (Å²) in [6.45, 7) is 1.65. The zero-order valence-electron chi connectivity index (χ0n) is 5.92. The summed E-state index contributed by atoms with van der Waals surface area (Å²) in [5.74, 6) is -0.479. The van der Waals surface area contributed by atoms with Crippen molar-refractivity contribution in [3.8, 4) is 0 Å². The molecule has 0 aromatic rings. The number of hydrogen-bond donors (Lipinski definition) is 0. The maximum Gasteiger partial charge on any atom is 0.0718 e. The first-order valence-corrected chi connectivity index (χ1v) is 2.42. The Morgan fingerprint density at radius 2 is 2.10 bits per heavy atom. The fourth-order valence-corrected chi connectivity index (χ4v) is 0.262. The molecule has 10 heavy (non-hydrogen) atoms. The van der Waals surface area contributed by atoms with E-state index in [-0.39, 0.29) is 32.7 Å². The van der Waals surface area contributed by atoms with Gasteiger partial charge in [0.2, 0.25) is 0 Å². The third-order valence-corrected chi connectivity index (χ3v) is 0.709. The smallest absolute Gasteiger partial charge is 0.0718 e. The van der Waals surface area contributed by atoms with Gasteiger partial charge in [0, 0.05) is 32.7 Å². The Morgan fingerprint density at radius 1 is 1.60 bits per heavy atom. The van der Waals surface area contributed by atoms with Crippen molar-refractivity contribution >= 4 is 12.3 Å². The summed E-state index contributed by atoms with van der Waals surface area (Å²) in [5, 5.41) is 0. The molecule has 3 nitrogen and oxygen atoms in total. The summed E-state index contributed by atoms with van der Waals surface area (Å²) in [6.07, 6.45) is 5.14. The van der Waals surface area contributed by atoms with Crippen LogP contribution >= 0.6 is 0 Å². The van der Waals surface area contributed by atoms with Gasteiger partial charge in [-0.05, 0) is 7.05 Å². The molecule has 4 heteroatoms. The van der Waals surface area contributed by atoms with Gasteiger partial charge >= 0.3 is 0 Å². The van der Waals surface area contributed by atoms with Crippen molar-refractivity contribution < 1.29 is 42.3 Å². The van der Waals surface area contributed by atoms with Crippen molar-refractivity contribution in [1.29, 1.82) is 0 Å². The first-order valence-electron chi connectivity index (χ1n) is 2.42. The van der Waals surface area contributed by atoms with Gasteiger partial charge in [0.15, 0.2) is 0 Å². The molecule has 0 aromatic carbocycles. The summed E-state index contributed by atoms with van der Waals surface area (Å²) >= 11 is 0. The molecule has 0 N–H and O–H groups in total. The van der Waals surface area contributed by atoms with E-state index in [4.69, 9.17) is 0 Å². The number of amides is 2. The van der Waals surface area contributed by atoms with Gasteiger partial charge in [0.1, 0.15) is 0 Å². The predicted octanol–water partition coefficient (Wildman–Crippen LogP) is -0.111. The second-order valence-electron chi connectivity index (χ2n) is 1.39. The van der Waals surface area contributed by atoms with Crippen LogP contribution in [0.3, 0.4) is 0 Å². The van der Waals surface area contributed by atoms with Crippen LogP contribution in [0.15, 0.2) is 6.08 Å². The standard InChI is InChI=1S/C6H7NO2.Y/c1-3-4-6(9)7(2)5-8;/h3H,1-2H3;/q-2;. The van der Waals surface area contributed by atoms with Crippen molar-refractivity contribution in [2.24, 2.45) is 0 Å². The van der Waals surface area contributed by atoms with Crippen LogP contribution in [0.5, 0.6) is 0 Å². The van der Waals surface area contributed by atoms with Gasteiger partial charge < -0.3 is 20.6 Å². The molecule has 0 aromatic heterocycles. The third kappa shape index (κ3) is 4.82. The molecular weight excluding hydrogens is 207 g/mol. The topological polar surface area (TPSA) is 37.4 Å². The average Bonchev–Trinajstić information content (AvgIpc) is 1.87. The summed E-state index contributed by atoms with van der Waals surface area (Å²) < 4.78 is 0. The molecule has 0 spiro atoms. The van der Waals surface area contributed by atoms with Gasteiger partial charge in [0.25, 0.3) is 0 Å². The average molecular weight is 214 g/mol. The van der Waals surface area contributed by atoms with Gasteiger partial charge in [-0.15, -0.1) is 0 Å². The number of rotatable bonds is 2. The monoisotopic (exact) mass is 214 g/mol. The summed E-state index contributed by atoms with van der Waals surface area (Å²) in [7, 11) is 1.33. The fourth-order valence-electron chi connectivity index (χ4n) is 0.262. The Bertz CT molecular complexity index is 145. The van der Waals surface area contributed by atoms with E-state index in [0.717, 1.165) is 4.90 Å². The SMILES string of the molecule is CC=[C-]C(=O)N(C)[C-]=O.[Y]. The van der Waals surface area contributed by atoms with Crippen LogP contribution in [0.2, 0.25) is 0 Å². The molecule has 0 atom stereocenters. The van der Waals surface area contributed by atoms with Crippen molar-refractivity contribution in [3.05, 3.63) is 12.2 Å². The molecule has 0 bridgehead atoms. The van der Waals surface area contributed by atoms with Crippen molar-refractivity contribution in [1.82, 2.24) is 4.90 Å². The van der Waals surface area contributed by atoms with Crippen LogP contribution in [0.25, 0.3) is 0 Å². The summed E-state index contributed by atoms with van der Waals surface area (Å²) in [6, 6.07) is 0. The van der Waals surface area contributed by atoms with Crippen LogP contribution in [-0.2, 0) is 42.3 Å². The van der Waals surface area contributed by atoms with E-state index in [9.17, 15) is 9.59 Å². The van der Waals surface area contributed by atoms with E-state index >= 15 is 0 Å². The largest absolute Gasteiger partial charge is 0.517 e. The molecule has 53 valence electrons. The number of imide groups is 1. The van der Waals surface area contributed by atoms with Gasteiger partial charge in [-0.3, -0.25) is 6.08 Å². The Kier molecular flexibility index (Phi) is 8.97. The molecule has 0 aliphatic heterocycles. The van der Waals surface area contributed by atoms with E-state index in [2.05, 4.69) is 6.08 Å². The van der Waals surface area contributed by atoms with Gasteiger partial charge in [0.05, 0.1) is 6.41 Å². The third-order valence-electron chi connectivity index (χ3n) is 0.709. The Balaban J connectivity index is 0. The molecule has 0 saturated heterocycles. The Hall–Kier alpha value is -0.0161. The minimum Gasteiger partial charge on any atom is -0.517 e. The number of hydrogen-bond acceptors (Lipinski definition) is 2. The second-order valence-corrected chi connectivity index (χ2v) is 1.39.